The Balaban J connectivity index is 1.27. The van der Waals surface area contributed by atoms with E-state index in [-0.39, 0.29) is 23.7 Å². The van der Waals surface area contributed by atoms with E-state index in [9.17, 15) is 9.90 Å². The van der Waals surface area contributed by atoms with Gasteiger partial charge in [0.05, 0.1) is 5.60 Å². The van der Waals surface area contributed by atoms with E-state index < -0.39 is 5.60 Å². The molecule has 0 aromatic carbocycles. The van der Waals surface area contributed by atoms with Crippen molar-refractivity contribution in [1.82, 2.24) is 20.2 Å². The number of ketones is 1. The molecule has 6 heteroatoms. The van der Waals surface area contributed by atoms with Crippen LogP contribution in [0.2, 0.25) is 0 Å². The Morgan fingerprint density at radius 1 is 1.14 bits per heavy atom. The third-order valence-electron chi connectivity index (χ3n) is 9.20. The molecule has 4 aliphatic rings. The van der Waals surface area contributed by atoms with E-state index in [1.807, 2.05) is 6.92 Å². The summed E-state index contributed by atoms with van der Waals surface area (Å²) < 4.78 is 0. The van der Waals surface area contributed by atoms with Crippen LogP contribution >= 0.6 is 0 Å². The lowest BCUT2D eigenvalue weighted by atomic mass is 9.39. The highest BCUT2D eigenvalue weighted by Crippen LogP contribution is 2.67. The number of aromatic nitrogens is 4. The summed E-state index contributed by atoms with van der Waals surface area (Å²) in [5, 5.41) is 22.6. The first-order valence-corrected chi connectivity index (χ1v) is 11.3. The molecule has 154 valence electrons. The van der Waals surface area contributed by atoms with Crippen molar-refractivity contribution in [2.45, 2.75) is 84.3 Å². The van der Waals surface area contributed by atoms with E-state index in [0.717, 1.165) is 37.0 Å². The SMILES string of the molecule is Cc1nnn(CC(=O)[C@H]2C[C@H]3[C@@H]4CC[C@@H]5C[C@](C)(O)CC[C@@H]5[C@H]4CC[C@]23C)n1. The van der Waals surface area contributed by atoms with E-state index >= 15 is 0 Å². The second-order valence-corrected chi connectivity index (χ2v) is 10.8. The van der Waals surface area contributed by atoms with Crippen molar-refractivity contribution in [1.29, 1.82) is 0 Å². The molecule has 1 heterocycles. The fourth-order valence-corrected chi connectivity index (χ4v) is 7.81. The van der Waals surface area contributed by atoms with E-state index in [1.165, 1.54) is 36.9 Å². The van der Waals surface area contributed by atoms with Crippen molar-refractivity contribution in [3.8, 4) is 0 Å². The second kappa shape index (κ2) is 6.35. The smallest absolute Gasteiger partial charge is 0.171 e. The number of nitrogens with zero attached hydrogens (tertiary/aromatic N) is 4. The topological polar surface area (TPSA) is 80.9 Å². The molecule has 4 saturated carbocycles. The Kier molecular flexibility index (Phi) is 4.24. The molecule has 0 unspecified atom stereocenters. The largest absolute Gasteiger partial charge is 0.390 e. The van der Waals surface area contributed by atoms with Crippen LogP contribution in [-0.2, 0) is 11.3 Å². The third kappa shape index (κ3) is 2.86. The molecular weight excluding hydrogens is 352 g/mol. The molecule has 4 fully saturated rings. The molecular formula is C22H34N4O2. The molecule has 5 rings (SSSR count). The number of aliphatic hydroxyl groups is 1. The lowest BCUT2D eigenvalue weighted by Gasteiger charge is -2.65. The number of aryl methyl sites for hydroxylation is 1. The molecule has 0 saturated heterocycles. The van der Waals surface area contributed by atoms with Gasteiger partial charge >= 0.3 is 0 Å². The van der Waals surface area contributed by atoms with E-state index in [0.29, 0.717) is 17.7 Å². The van der Waals surface area contributed by atoms with Crippen LogP contribution in [0.25, 0.3) is 0 Å². The maximum absolute atomic E-state index is 13.0. The van der Waals surface area contributed by atoms with Gasteiger partial charge in [-0.15, -0.1) is 10.2 Å². The van der Waals surface area contributed by atoms with E-state index in [4.69, 9.17) is 0 Å². The van der Waals surface area contributed by atoms with Gasteiger partial charge in [-0.1, -0.05) is 6.92 Å². The van der Waals surface area contributed by atoms with Crippen LogP contribution in [0.3, 0.4) is 0 Å². The number of fused-ring (bicyclic) bond motifs is 5. The fraction of sp³-hybridized carbons (Fsp3) is 0.909. The van der Waals surface area contributed by atoms with Gasteiger partial charge in [0.15, 0.2) is 11.6 Å². The molecule has 0 spiro atoms. The lowest BCUT2D eigenvalue weighted by Crippen LogP contribution is -2.60. The minimum atomic E-state index is -0.446. The highest BCUT2D eigenvalue weighted by atomic mass is 16.3. The zero-order valence-electron chi connectivity index (χ0n) is 17.5. The van der Waals surface area contributed by atoms with Crippen LogP contribution < -0.4 is 0 Å². The molecule has 0 radical (unpaired) electrons. The van der Waals surface area contributed by atoms with Gasteiger partial charge in [0.2, 0.25) is 0 Å². The summed E-state index contributed by atoms with van der Waals surface area (Å²) >= 11 is 0. The number of Topliss-reactive ketones (excluding diaryl/α,β-unsaturated/α-hetero) is 1. The molecule has 28 heavy (non-hydrogen) atoms. The zero-order valence-corrected chi connectivity index (χ0v) is 17.5. The highest BCUT2D eigenvalue weighted by Gasteiger charge is 2.62. The molecule has 6 nitrogen and oxygen atoms in total. The van der Waals surface area contributed by atoms with Crippen LogP contribution in [0, 0.1) is 47.8 Å². The van der Waals surface area contributed by atoms with Crippen molar-refractivity contribution in [3.63, 3.8) is 0 Å². The summed E-state index contributed by atoms with van der Waals surface area (Å²) in [4.78, 5) is 14.4. The van der Waals surface area contributed by atoms with Gasteiger partial charge in [0, 0.05) is 5.92 Å². The van der Waals surface area contributed by atoms with Crippen molar-refractivity contribution in [2.75, 3.05) is 0 Å². The monoisotopic (exact) mass is 386 g/mol. The van der Waals surface area contributed by atoms with Gasteiger partial charge in [-0.25, -0.2) is 0 Å². The first kappa shape index (κ1) is 18.7. The van der Waals surface area contributed by atoms with Gasteiger partial charge in [-0.05, 0) is 105 Å². The van der Waals surface area contributed by atoms with E-state index in [1.54, 1.807) is 6.92 Å². The summed E-state index contributed by atoms with van der Waals surface area (Å²) in [5.74, 6) is 4.91. The Morgan fingerprint density at radius 2 is 1.93 bits per heavy atom. The number of tetrazole rings is 1. The average Bonchev–Trinajstić information content (AvgIpc) is 3.02. The first-order valence-electron chi connectivity index (χ1n) is 11.3. The number of hydrogen-bond acceptors (Lipinski definition) is 5. The van der Waals surface area contributed by atoms with Crippen molar-refractivity contribution < 1.29 is 9.90 Å². The summed E-state index contributed by atoms with van der Waals surface area (Å²) in [5.41, 5.74) is -0.278. The molecule has 4 aliphatic carbocycles. The number of carbonyl (C=O) groups is 1. The average molecular weight is 387 g/mol. The molecule has 8 atom stereocenters. The lowest BCUT2D eigenvalue weighted by molar-refractivity contribution is -0.177. The molecule has 1 aromatic rings. The third-order valence-corrected chi connectivity index (χ3v) is 9.20. The van der Waals surface area contributed by atoms with Gasteiger partial charge in [0.25, 0.3) is 0 Å². The maximum atomic E-state index is 13.0. The van der Waals surface area contributed by atoms with Crippen LogP contribution in [0.5, 0.6) is 0 Å². The molecule has 1 N–H and O–H groups in total. The summed E-state index contributed by atoms with van der Waals surface area (Å²) in [7, 11) is 0. The Labute approximate surface area is 167 Å². The van der Waals surface area contributed by atoms with Crippen LogP contribution in [0.15, 0.2) is 0 Å². The highest BCUT2D eigenvalue weighted by molar-refractivity contribution is 5.82. The standard InChI is InChI=1S/C22H34N4O2/c1-13-23-25-26(24-13)12-20(27)19-10-18-17-5-4-14-11-21(2,28)8-6-15(14)16(17)7-9-22(18,19)3/h14-19,28H,4-12H2,1-3H3/t14-,15+,16-,17-,18+,19-,21-,22+/m1/s1. The fourth-order valence-electron chi connectivity index (χ4n) is 7.81. The quantitative estimate of drug-likeness (QED) is 0.863. The Morgan fingerprint density at radius 3 is 2.68 bits per heavy atom. The zero-order chi connectivity index (χ0) is 19.7. The van der Waals surface area contributed by atoms with Crippen LogP contribution in [0.4, 0.5) is 0 Å². The molecule has 0 aliphatic heterocycles. The normalized spacial score (nSPS) is 47.4. The van der Waals surface area contributed by atoms with Crippen molar-refractivity contribution in [3.05, 3.63) is 5.82 Å². The number of hydrogen-bond donors (Lipinski definition) is 1. The van der Waals surface area contributed by atoms with Crippen LogP contribution in [-0.4, -0.2) is 36.7 Å². The Hall–Kier alpha value is -1.30. The first-order chi connectivity index (χ1) is 13.3. The number of carbonyl (C=O) groups excluding carboxylic acids is 1. The minimum absolute atomic E-state index is 0.162. The molecule has 1 aromatic heterocycles. The molecule has 0 amide bonds. The minimum Gasteiger partial charge on any atom is -0.390 e. The van der Waals surface area contributed by atoms with Gasteiger partial charge in [0.1, 0.15) is 6.54 Å². The summed E-state index contributed by atoms with van der Waals surface area (Å²) in [6.45, 7) is 6.47. The summed E-state index contributed by atoms with van der Waals surface area (Å²) in [6, 6.07) is 0. The summed E-state index contributed by atoms with van der Waals surface area (Å²) in [6.07, 6.45) is 9.23. The van der Waals surface area contributed by atoms with E-state index in [2.05, 4.69) is 22.3 Å². The Bertz CT molecular complexity index is 774. The van der Waals surface area contributed by atoms with Gasteiger partial charge in [-0.3, -0.25) is 4.79 Å². The van der Waals surface area contributed by atoms with Crippen LogP contribution in [0.1, 0.15) is 71.0 Å². The van der Waals surface area contributed by atoms with Crippen molar-refractivity contribution >= 4 is 5.78 Å². The predicted molar refractivity (Wildman–Crippen MR) is 104 cm³/mol. The van der Waals surface area contributed by atoms with Gasteiger partial charge in [-0.2, -0.15) is 4.80 Å². The maximum Gasteiger partial charge on any atom is 0.171 e. The number of rotatable bonds is 3. The van der Waals surface area contributed by atoms with Crippen molar-refractivity contribution in [2.24, 2.45) is 40.9 Å². The second-order valence-electron chi connectivity index (χ2n) is 10.8. The molecule has 0 bridgehead atoms. The van der Waals surface area contributed by atoms with Gasteiger partial charge < -0.3 is 5.11 Å². The predicted octanol–water partition coefficient (Wildman–Crippen LogP) is 3.18.